The first-order valence-corrected chi connectivity index (χ1v) is 5.93. The second-order valence-corrected chi connectivity index (χ2v) is 4.29. The van der Waals surface area contributed by atoms with Crippen LogP contribution >= 0.6 is 0 Å². The number of likely N-dealkylation sites (tertiary alicyclic amines) is 1. The summed E-state index contributed by atoms with van der Waals surface area (Å²) >= 11 is 0. The monoisotopic (exact) mass is 242 g/mol. The number of amides is 1. The van der Waals surface area contributed by atoms with E-state index >= 15 is 0 Å². The average Bonchev–Trinajstić information content (AvgIpc) is 2.87. The lowest BCUT2D eigenvalue weighted by molar-refractivity contribution is -0.152. The van der Waals surface area contributed by atoms with Crippen molar-refractivity contribution in [3.05, 3.63) is 0 Å². The first kappa shape index (κ1) is 12.3. The highest BCUT2D eigenvalue weighted by molar-refractivity contribution is 5.88. The predicted octanol–water partition coefficient (Wildman–Crippen LogP) is -0.861. The van der Waals surface area contributed by atoms with E-state index in [1.807, 2.05) is 0 Å². The number of morpholine rings is 1. The predicted molar refractivity (Wildman–Crippen MR) is 59.4 cm³/mol. The fourth-order valence-corrected chi connectivity index (χ4v) is 2.34. The van der Waals surface area contributed by atoms with Crippen molar-refractivity contribution in [3.63, 3.8) is 0 Å². The molecule has 0 aliphatic carbocycles. The summed E-state index contributed by atoms with van der Waals surface area (Å²) in [6, 6.07) is -0.745. The third-order valence-corrected chi connectivity index (χ3v) is 3.23. The van der Waals surface area contributed by atoms with Crippen LogP contribution in [0.1, 0.15) is 12.8 Å². The van der Waals surface area contributed by atoms with Crippen molar-refractivity contribution < 1.29 is 19.1 Å². The van der Waals surface area contributed by atoms with E-state index in [0.717, 1.165) is 6.42 Å². The summed E-state index contributed by atoms with van der Waals surface area (Å²) in [4.78, 5) is 25.4. The molecule has 0 bridgehead atoms. The smallest absolute Gasteiger partial charge is 0.328 e. The van der Waals surface area contributed by atoms with Crippen molar-refractivity contribution in [3.8, 4) is 0 Å². The molecule has 0 aromatic carbocycles. The maximum atomic E-state index is 12.2. The normalized spacial score (nSPS) is 29.1. The number of rotatable bonds is 2. The van der Waals surface area contributed by atoms with Gasteiger partial charge in [-0.05, 0) is 12.8 Å². The number of carbonyl (C=O) groups is 2. The van der Waals surface area contributed by atoms with Crippen LogP contribution < -0.4 is 5.32 Å². The van der Waals surface area contributed by atoms with Crippen molar-refractivity contribution in [2.45, 2.75) is 24.9 Å². The molecule has 96 valence electrons. The molecule has 0 saturated carbocycles. The first-order chi connectivity index (χ1) is 8.24. The SMILES string of the molecule is COC(=O)C1CCCN1C(=O)C1COCCN1. The standard InChI is InChI=1S/C11H18N2O4/c1-16-11(15)9-3-2-5-13(9)10(14)8-7-17-6-4-12-8/h8-9,12H,2-7H2,1H3. The summed E-state index contributed by atoms with van der Waals surface area (Å²) in [7, 11) is 1.35. The Hall–Kier alpha value is -1.14. The number of carbonyl (C=O) groups excluding carboxylic acids is 2. The Morgan fingerprint density at radius 1 is 1.47 bits per heavy atom. The van der Waals surface area contributed by atoms with Gasteiger partial charge < -0.3 is 19.7 Å². The molecule has 1 amide bonds. The van der Waals surface area contributed by atoms with E-state index in [1.165, 1.54) is 7.11 Å². The summed E-state index contributed by atoms with van der Waals surface area (Å²) in [5.41, 5.74) is 0. The van der Waals surface area contributed by atoms with E-state index in [9.17, 15) is 9.59 Å². The lowest BCUT2D eigenvalue weighted by Crippen LogP contribution is -2.54. The van der Waals surface area contributed by atoms with Crippen LogP contribution in [0.5, 0.6) is 0 Å². The molecule has 0 radical (unpaired) electrons. The summed E-state index contributed by atoms with van der Waals surface area (Å²) < 4.78 is 9.98. The molecule has 2 saturated heterocycles. The molecule has 2 aliphatic rings. The molecule has 1 N–H and O–H groups in total. The Morgan fingerprint density at radius 2 is 2.29 bits per heavy atom. The van der Waals surface area contributed by atoms with Crippen LogP contribution in [0.25, 0.3) is 0 Å². The molecular formula is C11H18N2O4. The molecule has 2 heterocycles. The largest absolute Gasteiger partial charge is 0.467 e. The van der Waals surface area contributed by atoms with Gasteiger partial charge in [0.1, 0.15) is 12.1 Å². The fourth-order valence-electron chi connectivity index (χ4n) is 2.34. The minimum absolute atomic E-state index is 0.0578. The zero-order valence-corrected chi connectivity index (χ0v) is 9.98. The van der Waals surface area contributed by atoms with E-state index in [4.69, 9.17) is 9.47 Å². The van der Waals surface area contributed by atoms with Gasteiger partial charge in [-0.15, -0.1) is 0 Å². The topological polar surface area (TPSA) is 67.9 Å². The van der Waals surface area contributed by atoms with Gasteiger partial charge in [0.2, 0.25) is 5.91 Å². The maximum Gasteiger partial charge on any atom is 0.328 e. The zero-order chi connectivity index (χ0) is 12.3. The van der Waals surface area contributed by atoms with Crippen molar-refractivity contribution in [1.82, 2.24) is 10.2 Å². The molecule has 2 unspecified atom stereocenters. The van der Waals surface area contributed by atoms with Crippen LogP contribution in [0, 0.1) is 0 Å². The van der Waals surface area contributed by atoms with Gasteiger partial charge in [-0.3, -0.25) is 4.79 Å². The Morgan fingerprint density at radius 3 is 2.94 bits per heavy atom. The van der Waals surface area contributed by atoms with Gasteiger partial charge in [0.05, 0.1) is 20.3 Å². The highest BCUT2D eigenvalue weighted by atomic mass is 16.5. The lowest BCUT2D eigenvalue weighted by Gasteiger charge is -2.30. The van der Waals surface area contributed by atoms with Gasteiger partial charge in [0, 0.05) is 13.1 Å². The van der Waals surface area contributed by atoms with Crippen LogP contribution in [0.15, 0.2) is 0 Å². The molecular weight excluding hydrogens is 224 g/mol. The number of hydrogen-bond acceptors (Lipinski definition) is 5. The Bertz CT molecular complexity index is 302. The zero-order valence-electron chi connectivity index (χ0n) is 9.98. The Kier molecular flexibility index (Phi) is 3.96. The minimum Gasteiger partial charge on any atom is -0.467 e. The van der Waals surface area contributed by atoms with E-state index < -0.39 is 6.04 Å². The summed E-state index contributed by atoms with van der Waals surface area (Å²) in [5.74, 6) is -0.384. The number of methoxy groups -OCH3 is 1. The van der Waals surface area contributed by atoms with Crippen LogP contribution in [0.2, 0.25) is 0 Å². The highest BCUT2D eigenvalue weighted by Gasteiger charge is 2.38. The molecule has 17 heavy (non-hydrogen) atoms. The summed E-state index contributed by atoms with van der Waals surface area (Å²) in [6.45, 7) is 2.30. The number of esters is 1. The van der Waals surface area contributed by atoms with Gasteiger partial charge in [-0.25, -0.2) is 4.79 Å². The van der Waals surface area contributed by atoms with Gasteiger partial charge in [-0.1, -0.05) is 0 Å². The van der Waals surface area contributed by atoms with E-state index in [0.29, 0.717) is 32.7 Å². The Balaban J connectivity index is 1.99. The van der Waals surface area contributed by atoms with Gasteiger partial charge in [0.15, 0.2) is 0 Å². The van der Waals surface area contributed by atoms with Crippen LogP contribution in [-0.4, -0.2) is 62.3 Å². The number of hydrogen-bond donors (Lipinski definition) is 1. The second-order valence-electron chi connectivity index (χ2n) is 4.29. The third kappa shape index (κ3) is 2.58. The lowest BCUT2D eigenvalue weighted by atomic mass is 10.2. The molecule has 2 fully saturated rings. The number of nitrogens with one attached hydrogen (secondary N) is 1. The number of nitrogens with zero attached hydrogens (tertiary/aromatic N) is 1. The molecule has 6 nitrogen and oxygen atoms in total. The van der Waals surface area contributed by atoms with Gasteiger partial charge >= 0.3 is 5.97 Å². The van der Waals surface area contributed by atoms with Crippen molar-refractivity contribution >= 4 is 11.9 Å². The van der Waals surface area contributed by atoms with Crippen LogP contribution in [0.4, 0.5) is 0 Å². The molecule has 6 heteroatoms. The second kappa shape index (κ2) is 5.46. The molecule has 0 aromatic heterocycles. The molecule has 0 spiro atoms. The third-order valence-electron chi connectivity index (χ3n) is 3.23. The first-order valence-electron chi connectivity index (χ1n) is 5.93. The summed E-state index contributed by atoms with van der Waals surface area (Å²) in [5, 5.41) is 3.10. The molecule has 2 rings (SSSR count). The van der Waals surface area contributed by atoms with Crippen molar-refractivity contribution in [2.24, 2.45) is 0 Å². The quantitative estimate of drug-likeness (QED) is 0.638. The van der Waals surface area contributed by atoms with Gasteiger partial charge in [-0.2, -0.15) is 0 Å². The maximum absolute atomic E-state index is 12.2. The van der Waals surface area contributed by atoms with Crippen LogP contribution in [0.3, 0.4) is 0 Å². The highest BCUT2D eigenvalue weighted by Crippen LogP contribution is 2.19. The molecule has 0 aromatic rings. The van der Waals surface area contributed by atoms with E-state index in [1.54, 1.807) is 4.90 Å². The van der Waals surface area contributed by atoms with Crippen molar-refractivity contribution in [1.29, 1.82) is 0 Å². The Labute approximate surface area is 100 Å². The van der Waals surface area contributed by atoms with Gasteiger partial charge in [0.25, 0.3) is 0 Å². The van der Waals surface area contributed by atoms with E-state index in [-0.39, 0.29) is 17.9 Å². The molecule has 2 atom stereocenters. The summed E-state index contributed by atoms with van der Waals surface area (Å²) in [6.07, 6.45) is 1.53. The number of ether oxygens (including phenoxy) is 2. The molecule has 2 aliphatic heterocycles. The fraction of sp³-hybridized carbons (Fsp3) is 0.818. The average molecular weight is 242 g/mol. The van der Waals surface area contributed by atoms with Crippen molar-refractivity contribution in [2.75, 3.05) is 33.4 Å². The van der Waals surface area contributed by atoms with E-state index in [2.05, 4.69) is 5.32 Å². The minimum atomic E-state index is -0.420. The van der Waals surface area contributed by atoms with Crippen LogP contribution in [-0.2, 0) is 19.1 Å².